The third-order valence-corrected chi connectivity index (χ3v) is 13.6. The van der Waals surface area contributed by atoms with Gasteiger partial charge in [-0.05, 0) is 92.1 Å². The monoisotopic (exact) mass is 1020 g/mol. The number of Topliss-reactive ketones (excluding diaryl/α,β-unsaturated/α-hetero) is 1. The van der Waals surface area contributed by atoms with Gasteiger partial charge in [0.25, 0.3) is 11.5 Å². The summed E-state index contributed by atoms with van der Waals surface area (Å²) in [6.45, 7) is 12.0. The van der Waals surface area contributed by atoms with Gasteiger partial charge in [-0.1, -0.05) is 31.5 Å². The second-order valence-electron chi connectivity index (χ2n) is 16.4. The average molecular weight is 1020 g/mol. The van der Waals surface area contributed by atoms with E-state index in [4.69, 9.17) is 14.5 Å². The Morgan fingerprint density at radius 1 is 0.908 bits per heavy atom. The highest BCUT2D eigenvalue weighted by Gasteiger charge is 2.27. The van der Waals surface area contributed by atoms with Crippen LogP contribution in [0.2, 0.25) is 0 Å². The second kappa shape index (κ2) is 22.4. The fourth-order valence-electron chi connectivity index (χ4n) is 8.09. The predicted octanol–water partition coefficient (Wildman–Crippen LogP) is 5.07. The number of rotatable bonds is 18. The van der Waals surface area contributed by atoms with Crippen LogP contribution in [0.15, 0.2) is 52.5 Å². The zero-order valence-corrected chi connectivity index (χ0v) is 40.1. The molecule has 3 aliphatic rings. The lowest BCUT2D eigenvalue weighted by Gasteiger charge is -2.35. The maximum Gasteiger partial charge on any atom is 0.263 e. The SMILES string of the molecule is CC(=O)c1c(C)c2cnc(Nc3ccc(N4CCN(CC(=O)NCCOCCOCCC(=O)Nc5cc(I)ccc5C(=O)NC5=NC(C)C(C)S5)CC4)cn3)nc2n(C2CCCC2)c1=O. The number of ketones is 1. The minimum Gasteiger partial charge on any atom is -0.379 e. The standard InChI is InChI=1S/C45H56IN11O7S/c1-27-35-25-49-44(53-41(35)57(32-7-5-6-8-32)43(62)40(27)29(3)58)52-37-12-10-33(24-48-37)56-17-15-55(16-18-56)26-39(60)47-14-20-64-22-21-63-19-13-38(59)51-36-23-31(46)9-11-34(36)42(61)54-45-50-28(2)30(4)65-45/h9-12,23-25,28,30,32H,5-8,13-22,26H2,1-4H3,(H,47,60)(H,51,59)(H,50,54,61)(H,48,49,52,53). The molecule has 0 spiro atoms. The van der Waals surface area contributed by atoms with Crippen molar-refractivity contribution >= 4 is 97.2 Å². The Kier molecular flexibility index (Phi) is 16.5. The first kappa shape index (κ1) is 47.9. The maximum atomic E-state index is 13.6. The quantitative estimate of drug-likeness (QED) is 0.0582. The van der Waals surface area contributed by atoms with Crippen LogP contribution in [0.4, 0.5) is 23.1 Å². The lowest BCUT2D eigenvalue weighted by molar-refractivity contribution is -0.122. The molecular formula is C45H56IN11O7S. The second-order valence-corrected chi connectivity index (χ2v) is 19.0. The molecule has 65 heavy (non-hydrogen) atoms. The van der Waals surface area contributed by atoms with Crippen LogP contribution in [0.5, 0.6) is 0 Å². The van der Waals surface area contributed by atoms with Crippen molar-refractivity contribution in [2.75, 3.05) is 81.2 Å². The molecule has 3 amide bonds. The average Bonchev–Trinajstić information content (AvgIpc) is 3.92. The van der Waals surface area contributed by atoms with Crippen LogP contribution in [0, 0.1) is 10.5 Å². The van der Waals surface area contributed by atoms with Crippen LogP contribution in [-0.4, -0.2) is 130 Å². The molecule has 3 aromatic heterocycles. The van der Waals surface area contributed by atoms with Crippen molar-refractivity contribution < 1.29 is 28.7 Å². The Morgan fingerprint density at radius 3 is 2.35 bits per heavy atom. The Labute approximate surface area is 395 Å². The van der Waals surface area contributed by atoms with Gasteiger partial charge in [-0.3, -0.25) is 38.4 Å². The summed E-state index contributed by atoms with van der Waals surface area (Å²) in [4.78, 5) is 87.1. The van der Waals surface area contributed by atoms with E-state index >= 15 is 0 Å². The minimum absolute atomic E-state index is 0.00629. The fraction of sp³-hybridized carbons (Fsp3) is 0.489. The molecule has 2 aliphatic heterocycles. The number of piperazine rings is 1. The molecule has 20 heteroatoms. The van der Waals surface area contributed by atoms with Crippen LogP contribution < -0.4 is 31.7 Å². The van der Waals surface area contributed by atoms with Gasteiger partial charge < -0.3 is 35.6 Å². The lowest BCUT2D eigenvalue weighted by Crippen LogP contribution is -2.49. The van der Waals surface area contributed by atoms with Crippen LogP contribution in [0.3, 0.4) is 0 Å². The number of aliphatic imine (C=N–C) groups is 1. The van der Waals surface area contributed by atoms with Gasteiger partial charge >= 0.3 is 0 Å². The number of anilines is 4. The molecule has 2 fully saturated rings. The number of hydrogen-bond donors (Lipinski definition) is 4. The van der Waals surface area contributed by atoms with Crippen molar-refractivity contribution in [1.29, 1.82) is 0 Å². The summed E-state index contributed by atoms with van der Waals surface area (Å²) in [6.07, 6.45) is 7.37. The number of hydrogen-bond acceptors (Lipinski definition) is 15. The maximum absolute atomic E-state index is 13.6. The van der Waals surface area contributed by atoms with Crippen LogP contribution in [0.25, 0.3) is 11.0 Å². The van der Waals surface area contributed by atoms with Crippen LogP contribution in [-0.2, 0) is 19.1 Å². The van der Waals surface area contributed by atoms with E-state index in [1.807, 2.05) is 25.1 Å². The largest absolute Gasteiger partial charge is 0.379 e. The van der Waals surface area contributed by atoms with Gasteiger partial charge in [0, 0.05) is 59.2 Å². The van der Waals surface area contributed by atoms with E-state index in [-0.39, 0.29) is 71.5 Å². The topological polar surface area (TPSA) is 214 Å². The van der Waals surface area contributed by atoms with Gasteiger partial charge in [-0.15, -0.1) is 0 Å². The molecule has 7 rings (SSSR count). The number of halogens is 1. The number of amidine groups is 1. The van der Waals surface area contributed by atoms with Crippen molar-refractivity contribution in [2.24, 2.45) is 4.99 Å². The highest BCUT2D eigenvalue weighted by molar-refractivity contribution is 14.1. The molecule has 1 saturated heterocycles. The van der Waals surface area contributed by atoms with Gasteiger partial charge in [0.15, 0.2) is 11.0 Å². The van der Waals surface area contributed by atoms with E-state index in [0.29, 0.717) is 84.2 Å². The van der Waals surface area contributed by atoms with E-state index in [9.17, 15) is 24.0 Å². The fourth-order valence-corrected chi connectivity index (χ4v) is 9.57. The minimum atomic E-state index is -0.327. The summed E-state index contributed by atoms with van der Waals surface area (Å²) in [7, 11) is 0. The van der Waals surface area contributed by atoms with Gasteiger partial charge in [0.2, 0.25) is 17.8 Å². The number of benzene rings is 1. The number of aryl methyl sites for hydroxylation is 1. The number of ether oxygens (including phenoxy) is 2. The zero-order valence-electron chi connectivity index (χ0n) is 37.2. The summed E-state index contributed by atoms with van der Waals surface area (Å²) in [5.41, 5.74) is 2.78. The van der Waals surface area contributed by atoms with E-state index in [1.165, 1.54) is 18.7 Å². The number of amides is 3. The summed E-state index contributed by atoms with van der Waals surface area (Å²) >= 11 is 3.66. The first-order chi connectivity index (χ1) is 31.3. The van der Waals surface area contributed by atoms with Gasteiger partial charge in [-0.2, -0.15) is 4.98 Å². The Hall–Kier alpha value is -5.03. The molecular weight excluding hydrogens is 966 g/mol. The third kappa shape index (κ3) is 12.5. The number of carbonyl (C=O) groups is 4. The highest BCUT2D eigenvalue weighted by Crippen LogP contribution is 2.32. The molecule has 346 valence electrons. The van der Waals surface area contributed by atoms with E-state index < -0.39 is 0 Å². The Morgan fingerprint density at radius 2 is 1.66 bits per heavy atom. The number of nitrogens with one attached hydrogen (secondary N) is 4. The number of nitrogens with zero attached hydrogens (tertiary/aromatic N) is 7. The molecule has 5 heterocycles. The molecule has 1 aliphatic carbocycles. The molecule has 18 nitrogen and oxygen atoms in total. The number of thioether (sulfide) groups is 1. The van der Waals surface area contributed by atoms with Crippen LogP contribution in [0.1, 0.15) is 85.2 Å². The summed E-state index contributed by atoms with van der Waals surface area (Å²) in [5.74, 6) is -0.0512. The highest BCUT2D eigenvalue weighted by atomic mass is 127. The Bertz CT molecular complexity index is 2470. The van der Waals surface area contributed by atoms with Crippen molar-refractivity contribution in [3.63, 3.8) is 0 Å². The molecule has 2 unspecified atom stereocenters. The lowest BCUT2D eigenvalue weighted by atomic mass is 10.0. The molecule has 4 N–H and O–H groups in total. The molecule has 0 radical (unpaired) electrons. The normalized spacial score (nSPS) is 17.9. The smallest absolute Gasteiger partial charge is 0.263 e. The van der Waals surface area contributed by atoms with E-state index in [0.717, 1.165) is 48.0 Å². The third-order valence-electron chi connectivity index (χ3n) is 11.8. The predicted molar refractivity (Wildman–Crippen MR) is 261 cm³/mol. The van der Waals surface area contributed by atoms with E-state index in [2.05, 4.69) is 75.5 Å². The molecule has 2 atom stereocenters. The van der Waals surface area contributed by atoms with Gasteiger partial charge in [0.05, 0.1) is 74.1 Å². The molecule has 1 saturated carbocycles. The van der Waals surface area contributed by atoms with Crippen molar-refractivity contribution in [3.8, 4) is 0 Å². The number of fused-ring (bicyclic) bond motifs is 1. The molecule has 1 aromatic carbocycles. The van der Waals surface area contributed by atoms with Gasteiger partial charge in [0.1, 0.15) is 11.5 Å². The number of carbonyl (C=O) groups excluding carboxylic acids is 4. The zero-order chi connectivity index (χ0) is 46.0. The number of aromatic nitrogens is 4. The van der Waals surface area contributed by atoms with Crippen LogP contribution >= 0.6 is 34.4 Å². The van der Waals surface area contributed by atoms with Crippen molar-refractivity contribution in [3.05, 3.63) is 73.3 Å². The summed E-state index contributed by atoms with van der Waals surface area (Å²) in [6, 6.07) is 9.22. The van der Waals surface area contributed by atoms with Gasteiger partial charge in [-0.25, -0.2) is 9.97 Å². The van der Waals surface area contributed by atoms with E-state index in [1.54, 1.807) is 36.0 Å². The summed E-state index contributed by atoms with van der Waals surface area (Å²) < 4.78 is 13.8. The first-order valence-corrected chi connectivity index (χ1v) is 24.0. The number of pyridine rings is 2. The first-order valence-electron chi connectivity index (χ1n) is 22.0. The Balaban J connectivity index is 0.765. The molecule has 4 aromatic rings. The van der Waals surface area contributed by atoms with Crippen molar-refractivity contribution in [2.45, 2.75) is 77.1 Å². The molecule has 0 bridgehead atoms. The van der Waals surface area contributed by atoms with Crippen molar-refractivity contribution in [1.82, 2.24) is 35.1 Å². The summed E-state index contributed by atoms with van der Waals surface area (Å²) in [5, 5.41) is 13.3.